The summed E-state index contributed by atoms with van der Waals surface area (Å²) < 4.78 is 5.84. The fraction of sp³-hybridized carbons (Fsp3) is 0.353. The Kier molecular flexibility index (Phi) is 3.97. The molecule has 0 saturated heterocycles. The predicted octanol–water partition coefficient (Wildman–Crippen LogP) is 3.04. The van der Waals surface area contributed by atoms with E-state index in [4.69, 9.17) is 10.5 Å². The molecule has 1 aliphatic heterocycles. The van der Waals surface area contributed by atoms with Gasteiger partial charge in [-0.2, -0.15) is 0 Å². The zero-order valence-electron chi connectivity index (χ0n) is 11.6. The fourth-order valence-corrected chi connectivity index (χ4v) is 2.73. The van der Waals surface area contributed by atoms with Crippen molar-refractivity contribution in [2.75, 3.05) is 6.61 Å². The number of aryl methyl sites for hydroxylation is 2. The van der Waals surface area contributed by atoms with Gasteiger partial charge < -0.3 is 10.5 Å². The van der Waals surface area contributed by atoms with Crippen LogP contribution in [0.5, 0.6) is 5.75 Å². The number of rotatable bonds is 4. The number of aromatic nitrogens is 1. The van der Waals surface area contributed by atoms with Crippen LogP contribution in [0.25, 0.3) is 0 Å². The Morgan fingerprint density at radius 3 is 2.90 bits per heavy atom. The first-order valence-electron chi connectivity index (χ1n) is 7.23. The summed E-state index contributed by atoms with van der Waals surface area (Å²) in [5, 5.41) is 0. The molecular formula is C17H20N2O. The molecule has 2 aromatic rings. The van der Waals surface area contributed by atoms with Crippen LogP contribution < -0.4 is 10.5 Å². The second-order valence-corrected chi connectivity index (χ2v) is 5.29. The van der Waals surface area contributed by atoms with Crippen molar-refractivity contribution in [2.24, 2.45) is 5.73 Å². The van der Waals surface area contributed by atoms with Crippen molar-refractivity contribution in [1.29, 1.82) is 0 Å². The van der Waals surface area contributed by atoms with Crippen molar-refractivity contribution in [3.05, 3.63) is 59.4 Å². The molecule has 1 aliphatic rings. The van der Waals surface area contributed by atoms with Crippen LogP contribution in [0.15, 0.2) is 42.7 Å². The number of benzene rings is 1. The Bertz CT molecular complexity index is 568. The first-order valence-corrected chi connectivity index (χ1v) is 7.23. The van der Waals surface area contributed by atoms with Gasteiger partial charge in [-0.15, -0.1) is 0 Å². The molecule has 1 atom stereocenters. The van der Waals surface area contributed by atoms with E-state index in [1.807, 2.05) is 24.5 Å². The molecule has 0 radical (unpaired) electrons. The van der Waals surface area contributed by atoms with Gasteiger partial charge in [0.2, 0.25) is 0 Å². The average Bonchev–Trinajstić information content (AvgIpc) is 2.53. The van der Waals surface area contributed by atoms with Gasteiger partial charge in [0.15, 0.2) is 0 Å². The minimum Gasteiger partial charge on any atom is -0.493 e. The first kappa shape index (κ1) is 13.1. The van der Waals surface area contributed by atoms with E-state index in [0.717, 1.165) is 43.6 Å². The van der Waals surface area contributed by atoms with Crippen LogP contribution in [0.1, 0.15) is 35.6 Å². The average molecular weight is 268 g/mol. The van der Waals surface area contributed by atoms with Gasteiger partial charge >= 0.3 is 0 Å². The normalized spacial score (nSPS) is 15.2. The molecule has 2 N–H and O–H groups in total. The zero-order chi connectivity index (χ0) is 13.8. The van der Waals surface area contributed by atoms with Gasteiger partial charge in [-0.25, -0.2) is 0 Å². The maximum atomic E-state index is 6.37. The summed E-state index contributed by atoms with van der Waals surface area (Å²) in [6.07, 6.45) is 7.74. The van der Waals surface area contributed by atoms with E-state index in [1.54, 1.807) is 0 Å². The molecule has 0 saturated carbocycles. The lowest BCUT2D eigenvalue weighted by Crippen LogP contribution is -2.17. The highest BCUT2D eigenvalue weighted by Crippen LogP contribution is 2.33. The number of hydrogen-bond donors (Lipinski definition) is 1. The molecule has 1 unspecified atom stereocenters. The summed E-state index contributed by atoms with van der Waals surface area (Å²) in [5.41, 5.74) is 10.1. The van der Waals surface area contributed by atoms with Crippen LogP contribution in [-0.4, -0.2) is 11.6 Å². The molecule has 2 heterocycles. The highest BCUT2D eigenvalue weighted by atomic mass is 16.5. The standard InChI is InChI=1S/C17H20N2O/c18-16(7-6-13-8-10-19-11-9-13)15-5-1-3-14-4-2-12-20-17(14)15/h1,3,5,8-11,16H,2,4,6-7,12,18H2. The summed E-state index contributed by atoms with van der Waals surface area (Å²) in [6, 6.07) is 10.5. The van der Waals surface area contributed by atoms with Crippen LogP contribution in [0.3, 0.4) is 0 Å². The second kappa shape index (κ2) is 6.06. The maximum Gasteiger partial charge on any atom is 0.127 e. The summed E-state index contributed by atoms with van der Waals surface area (Å²) in [4.78, 5) is 4.04. The molecule has 104 valence electrons. The van der Waals surface area contributed by atoms with Gasteiger partial charge in [0.25, 0.3) is 0 Å². The monoisotopic (exact) mass is 268 g/mol. The Morgan fingerprint density at radius 1 is 1.20 bits per heavy atom. The van der Waals surface area contributed by atoms with Gasteiger partial charge in [-0.1, -0.05) is 18.2 Å². The third-order valence-electron chi connectivity index (χ3n) is 3.86. The lowest BCUT2D eigenvalue weighted by molar-refractivity contribution is 0.283. The van der Waals surface area contributed by atoms with E-state index in [2.05, 4.69) is 23.2 Å². The molecule has 3 heteroatoms. The van der Waals surface area contributed by atoms with E-state index in [9.17, 15) is 0 Å². The molecule has 1 aromatic carbocycles. The number of fused-ring (bicyclic) bond motifs is 1. The quantitative estimate of drug-likeness (QED) is 0.927. The van der Waals surface area contributed by atoms with Crippen molar-refractivity contribution in [1.82, 2.24) is 4.98 Å². The number of ether oxygens (including phenoxy) is 1. The Hall–Kier alpha value is -1.87. The summed E-state index contributed by atoms with van der Waals surface area (Å²) in [5.74, 6) is 1.03. The minimum atomic E-state index is 0.0243. The molecule has 0 amide bonds. The summed E-state index contributed by atoms with van der Waals surface area (Å²) in [6.45, 7) is 0.807. The van der Waals surface area contributed by atoms with E-state index >= 15 is 0 Å². The van der Waals surface area contributed by atoms with Crippen molar-refractivity contribution < 1.29 is 4.74 Å². The van der Waals surface area contributed by atoms with Crippen molar-refractivity contribution >= 4 is 0 Å². The topological polar surface area (TPSA) is 48.1 Å². The molecular weight excluding hydrogens is 248 g/mol. The summed E-state index contributed by atoms with van der Waals surface area (Å²) in [7, 11) is 0. The minimum absolute atomic E-state index is 0.0243. The number of nitrogens with two attached hydrogens (primary N) is 1. The van der Waals surface area contributed by atoms with Crippen molar-refractivity contribution in [2.45, 2.75) is 31.7 Å². The van der Waals surface area contributed by atoms with Gasteiger partial charge in [-0.3, -0.25) is 4.98 Å². The summed E-state index contributed by atoms with van der Waals surface area (Å²) >= 11 is 0. The molecule has 1 aromatic heterocycles. The lowest BCUT2D eigenvalue weighted by atomic mass is 9.95. The van der Waals surface area contributed by atoms with E-state index in [1.165, 1.54) is 11.1 Å². The Morgan fingerprint density at radius 2 is 2.05 bits per heavy atom. The number of nitrogens with zero attached hydrogens (tertiary/aromatic N) is 1. The van der Waals surface area contributed by atoms with Crippen LogP contribution in [0.4, 0.5) is 0 Å². The third kappa shape index (κ3) is 2.83. The molecule has 3 rings (SSSR count). The molecule has 0 spiro atoms. The maximum absolute atomic E-state index is 6.37. The Labute approximate surface area is 119 Å². The second-order valence-electron chi connectivity index (χ2n) is 5.29. The zero-order valence-corrected chi connectivity index (χ0v) is 11.6. The highest BCUT2D eigenvalue weighted by molar-refractivity contribution is 5.44. The van der Waals surface area contributed by atoms with Gasteiger partial charge in [-0.05, 0) is 48.9 Å². The molecule has 0 bridgehead atoms. The molecule has 3 nitrogen and oxygen atoms in total. The predicted molar refractivity (Wildman–Crippen MR) is 79.7 cm³/mol. The third-order valence-corrected chi connectivity index (χ3v) is 3.86. The number of pyridine rings is 1. The first-order chi connectivity index (χ1) is 9.84. The largest absolute Gasteiger partial charge is 0.493 e. The van der Waals surface area contributed by atoms with Crippen molar-refractivity contribution in [3.63, 3.8) is 0 Å². The molecule has 0 aliphatic carbocycles. The van der Waals surface area contributed by atoms with E-state index in [-0.39, 0.29) is 6.04 Å². The van der Waals surface area contributed by atoms with Gasteiger partial charge in [0, 0.05) is 24.0 Å². The van der Waals surface area contributed by atoms with Crippen LogP contribution in [0.2, 0.25) is 0 Å². The highest BCUT2D eigenvalue weighted by Gasteiger charge is 2.18. The van der Waals surface area contributed by atoms with Crippen LogP contribution in [0, 0.1) is 0 Å². The SMILES string of the molecule is NC(CCc1ccncc1)c1cccc2c1OCCC2. The van der Waals surface area contributed by atoms with Gasteiger partial charge in [0.05, 0.1) is 6.61 Å². The Balaban J connectivity index is 1.72. The van der Waals surface area contributed by atoms with E-state index < -0.39 is 0 Å². The van der Waals surface area contributed by atoms with E-state index in [0.29, 0.717) is 0 Å². The smallest absolute Gasteiger partial charge is 0.127 e. The number of para-hydroxylation sites is 1. The van der Waals surface area contributed by atoms with Crippen LogP contribution in [-0.2, 0) is 12.8 Å². The fourth-order valence-electron chi connectivity index (χ4n) is 2.73. The van der Waals surface area contributed by atoms with Crippen molar-refractivity contribution in [3.8, 4) is 5.75 Å². The molecule has 0 fully saturated rings. The lowest BCUT2D eigenvalue weighted by Gasteiger charge is -2.23. The number of hydrogen-bond acceptors (Lipinski definition) is 3. The van der Waals surface area contributed by atoms with Crippen LogP contribution >= 0.6 is 0 Å². The van der Waals surface area contributed by atoms with Gasteiger partial charge in [0.1, 0.15) is 5.75 Å². The molecule has 20 heavy (non-hydrogen) atoms.